The molecule has 0 spiro atoms. The Labute approximate surface area is 118 Å². The summed E-state index contributed by atoms with van der Waals surface area (Å²) in [5.74, 6) is 0.717. The normalized spacial score (nSPS) is 10.2. The molecule has 0 unspecified atom stereocenters. The smallest absolute Gasteiger partial charge is 0.219 e. The molecule has 0 amide bonds. The van der Waals surface area contributed by atoms with Crippen molar-refractivity contribution < 1.29 is 4.79 Å². The zero-order valence-corrected chi connectivity index (χ0v) is 12.0. The summed E-state index contributed by atoms with van der Waals surface area (Å²) < 4.78 is 0. The summed E-state index contributed by atoms with van der Waals surface area (Å²) in [6.07, 6.45) is 0. The van der Waals surface area contributed by atoms with Gasteiger partial charge in [0.1, 0.15) is 0 Å². The van der Waals surface area contributed by atoms with Gasteiger partial charge in [0.15, 0.2) is 0 Å². The highest BCUT2D eigenvalue weighted by atomic mass is 32.2. The van der Waals surface area contributed by atoms with Crippen molar-refractivity contribution in [3.05, 3.63) is 65.7 Å². The van der Waals surface area contributed by atoms with E-state index in [4.69, 9.17) is 0 Å². The molecule has 0 saturated heterocycles. The van der Waals surface area contributed by atoms with E-state index in [9.17, 15) is 4.79 Å². The third kappa shape index (κ3) is 3.86. The molecule has 19 heavy (non-hydrogen) atoms. The van der Waals surface area contributed by atoms with E-state index < -0.39 is 0 Å². The number of anilines is 1. The minimum atomic E-state index is 0.120. The Kier molecular flexibility index (Phi) is 4.63. The highest BCUT2D eigenvalue weighted by Gasteiger charge is 2.07. The molecule has 3 heteroatoms. The second kappa shape index (κ2) is 6.43. The standard InChI is InChI=1S/C16H17NOS/c1-17(2)15-10-8-14(9-11-15)16(18)19-12-13-6-4-3-5-7-13/h3-11H,12H2,1-2H3. The van der Waals surface area contributed by atoms with E-state index in [0.29, 0.717) is 0 Å². The lowest BCUT2D eigenvalue weighted by molar-refractivity contribution is 0.108. The molecule has 2 nitrogen and oxygen atoms in total. The molecule has 0 atom stereocenters. The molecule has 0 aromatic heterocycles. The van der Waals surface area contributed by atoms with E-state index >= 15 is 0 Å². The fourth-order valence-corrected chi connectivity index (χ4v) is 2.50. The highest BCUT2D eigenvalue weighted by molar-refractivity contribution is 8.13. The average molecular weight is 271 g/mol. The number of carbonyl (C=O) groups excluding carboxylic acids is 1. The highest BCUT2D eigenvalue weighted by Crippen LogP contribution is 2.20. The SMILES string of the molecule is CN(C)c1ccc(C(=O)SCc2ccccc2)cc1. The lowest BCUT2D eigenvalue weighted by Crippen LogP contribution is -2.08. The van der Waals surface area contributed by atoms with E-state index in [2.05, 4.69) is 0 Å². The Bertz CT molecular complexity index is 534. The summed E-state index contributed by atoms with van der Waals surface area (Å²) in [5.41, 5.74) is 3.03. The number of hydrogen-bond acceptors (Lipinski definition) is 3. The number of thioether (sulfide) groups is 1. The van der Waals surface area contributed by atoms with E-state index in [1.807, 2.05) is 73.6 Å². The lowest BCUT2D eigenvalue weighted by Gasteiger charge is -2.12. The molecule has 0 heterocycles. The van der Waals surface area contributed by atoms with Gasteiger partial charge in [-0.1, -0.05) is 42.1 Å². The molecular formula is C16H17NOS. The van der Waals surface area contributed by atoms with Gasteiger partial charge in [0.05, 0.1) is 0 Å². The van der Waals surface area contributed by atoms with Crippen molar-refractivity contribution >= 4 is 22.6 Å². The van der Waals surface area contributed by atoms with Crippen LogP contribution in [-0.2, 0) is 5.75 Å². The maximum absolute atomic E-state index is 12.0. The Balaban J connectivity index is 1.96. The van der Waals surface area contributed by atoms with Crippen LogP contribution in [-0.4, -0.2) is 19.2 Å². The van der Waals surface area contributed by atoms with E-state index in [1.54, 1.807) is 0 Å². The van der Waals surface area contributed by atoms with Crippen LogP contribution in [0, 0.1) is 0 Å². The van der Waals surface area contributed by atoms with Crippen LogP contribution >= 0.6 is 11.8 Å². The van der Waals surface area contributed by atoms with Crippen molar-refractivity contribution in [3.8, 4) is 0 Å². The third-order valence-electron chi connectivity index (χ3n) is 2.83. The molecule has 0 fully saturated rings. The molecule has 0 saturated carbocycles. The Morgan fingerprint density at radius 2 is 1.63 bits per heavy atom. The number of benzene rings is 2. The third-order valence-corrected chi connectivity index (χ3v) is 3.81. The molecule has 0 bridgehead atoms. The van der Waals surface area contributed by atoms with Gasteiger partial charge in [-0.2, -0.15) is 0 Å². The first kappa shape index (κ1) is 13.7. The Morgan fingerprint density at radius 3 is 2.21 bits per heavy atom. The zero-order chi connectivity index (χ0) is 13.7. The first-order valence-electron chi connectivity index (χ1n) is 6.15. The number of carbonyl (C=O) groups is 1. The Hall–Kier alpha value is -1.74. The van der Waals surface area contributed by atoms with Crippen LogP contribution in [0.25, 0.3) is 0 Å². The van der Waals surface area contributed by atoms with Gasteiger partial charge in [-0.25, -0.2) is 0 Å². The quantitative estimate of drug-likeness (QED) is 0.843. The maximum Gasteiger partial charge on any atom is 0.219 e. The van der Waals surface area contributed by atoms with E-state index in [0.717, 1.165) is 17.0 Å². The van der Waals surface area contributed by atoms with Gasteiger partial charge in [0.2, 0.25) is 5.12 Å². The molecule has 2 rings (SSSR count). The van der Waals surface area contributed by atoms with Gasteiger partial charge in [-0.15, -0.1) is 0 Å². The molecule has 0 aliphatic rings. The lowest BCUT2D eigenvalue weighted by atomic mass is 10.2. The van der Waals surface area contributed by atoms with Gasteiger partial charge < -0.3 is 4.90 Å². The first-order valence-corrected chi connectivity index (χ1v) is 7.14. The van der Waals surface area contributed by atoms with Crippen molar-refractivity contribution in [2.75, 3.05) is 19.0 Å². The van der Waals surface area contributed by atoms with Gasteiger partial charge >= 0.3 is 0 Å². The number of rotatable bonds is 4. The molecule has 0 aliphatic carbocycles. The monoisotopic (exact) mass is 271 g/mol. The van der Waals surface area contributed by atoms with E-state index in [1.165, 1.54) is 17.3 Å². The van der Waals surface area contributed by atoms with Crippen molar-refractivity contribution in [1.29, 1.82) is 0 Å². The summed E-state index contributed by atoms with van der Waals surface area (Å²) in [6, 6.07) is 17.7. The van der Waals surface area contributed by atoms with Gasteiger partial charge in [0.25, 0.3) is 0 Å². The van der Waals surface area contributed by atoms with Crippen LogP contribution in [0.1, 0.15) is 15.9 Å². The van der Waals surface area contributed by atoms with Crippen molar-refractivity contribution in [1.82, 2.24) is 0 Å². The molecular weight excluding hydrogens is 254 g/mol. The molecule has 0 aliphatic heterocycles. The summed E-state index contributed by atoms with van der Waals surface area (Å²) in [7, 11) is 3.97. The van der Waals surface area contributed by atoms with Gasteiger partial charge in [0, 0.05) is 31.1 Å². The fraction of sp³-hybridized carbons (Fsp3) is 0.188. The summed E-state index contributed by atoms with van der Waals surface area (Å²) in [4.78, 5) is 14.1. The van der Waals surface area contributed by atoms with Crippen LogP contribution in [0.2, 0.25) is 0 Å². The minimum absolute atomic E-state index is 0.120. The van der Waals surface area contributed by atoms with Crippen molar-refractivity contribution in [3.63, 3.8) is 0 Å². The van der Waals surface area contributed by atoms with Crippen LogP contribution in [0.4, 0.5) is 5.69 Å². The fourth-order valence-electron chi connectivity index (χ4n) is 1.70. The topological polar surface area (TPSA) is 20.3 Å². The molecule has 2 aromatic carbocycles. The first-order chi connectivity index (χ1) is 9.16. The predicted molar refractivity (Wildman–Crippen MR) is 82.8 cm³/mol. The summed E-state index contributed by atoms with van der Waals surface area (Å²) in [5, 5.41) is 0.120. The van der Waals surface area contributed by atoms with Crippen molar-refractivity contribution in [2.24, 2.45) is 0 Å². The van der Waals surface area contributed by atoms with Gasteiger partial charge in [-0.05, 0) is 29.8 Å². The Morgan fingerprint density at radius 1 is 1.00 bits per heavy atom. The second-order valence-corrected chi connectivity index (χ2v) is 5.45. The van der Waals surface area contributed by atoms with Crippen LogP contribution in [0.5, 0.6) is 0 Å². The molecule has 2 aromatic rings. The molecule has 0 radical (unpaired) electrons. The molecule has 98 valence electrons. The second-order valence-electron chi connectivity index (χ2n) is 4.50. The van der Waals surface area contributed by atoms with E-state index in [-0.39, 0.29) is 5.12 Å². The largest absolute Gasteiger partial charge is 0.378 e. The van der Waals surface area contributed by atoms with Crippen LogP contribution < -0.4 is 4.90 Å². The summed E-state index contributed by atoms with van der Waals surface area (Å²) in [6.45, 7) is 0. The van der Waals surface area contributed by atoms with Crippen LogP contribution in [0.15, 0.2) is 54.6 Å². The maximum atomic E-state index is 12.0. The predicted octanol–water partition coefficient (Wildman–Crippen LogP) is 3.83. The van der Waals surface area contributed by atoms with Crippen molar-refractivity contribution in [2.45, 2.75) is 5.75 Å². The zero-order valence-electron chi connectivity index (χ0n) is 11.2. The minimum Gasteiger partial charge on any atom is -0.378 e. The van der Waals surface area contributed by atoms with Gasteiger partial charge in [-0.3, -0.25) is 4.79 Å². The number of nitrogens with zero attached hydrogens (tertiary/aromatic N) is 1. The summed E-state index contributed by atoms with van der Waals surface area (Å²) >= 11 is 1.34. The average Bonchev–Trinajstić information content (AvgIpc) is 2.46. The number of hydrogen-bond donors (Lipinski definition) is 0. The molecule has 0 N–H and O–H groups in total. The van der Waals surface area contributed by atoms with Crippen LogP contribution in [0.3, 0.4) is 0 Å².